The van der Waals surface area contributed by atoms with Gasteiger partial charge in [-0.2, -0.15) is 0 Å². The van der Waals surface area contributed by atoms with Crippen LogP contribution in [0.25, 0.3) is 0 Å². The van der Waals surface area contributed by atoms with Crippen LogP contribution in [0.4, 0.5) is 0 Å². The molecule has 148 valence electrons. The van der Waals surface area contributed by atoms with Crippen LogP contribution in [0.1, 0.15) is 44.6 Å². The minimum Gasteiger partial charge on any atom is -0.481 e. The zero-order valence-electron chi connectivity index (χ0n) is 14.7. The average molecular weight is 427 g/mol. The quantitative estimate of drug-likeness (QED) is 0.632. The maximum atomic E-state index is 11.4. The van der Waals surface area contributed by atoms with E-state index in [1.54, 1.807) is 6.07 Å². The molecule has 1 fully saturated rings. The van der Waals surface area contributed by atoms with Crippen LogP contribution in [0, 0.1) is 11.8 Å². The summed E-state index contributed by atoms with van der Waals surface area (Å²) in [5.41, 5.74) is 0.977. The van der Waals surface area contributed by atoms with Crippen molar-refractivity contribution in [2.45, 2.75) is 51.6 Å². The van der Waals surface area contributed by atoms with Crippen LogP contribution in [0.2, 0.25) is 5.02 Å². The number of halogens is 3. The first-order valence-electron chi connectivity index (χ1n) is 8.62. The van der Waals surface area contributed by atoms with Crippen LogP contribution in [0.3, 0.4) is 0 Å². The van der Waals surface area contributed by atoms with Gasteiger partial charge in [-0.15, -0.1) is 24.8 Å². The molecule has 1 saturated carbocycles. The highest BCUT2D eigenvalue weighted by Gasteiger charge is 2.38. The van der Waals surface area contributed by atoms with Crippen LogP contribution in [-0.4, -0.2) is 23.9 Å². The molecule has 1 aromatic rings. The van der Waals surface area contributed by atoms with Crippen molar-refractivity contribution in [1.82, 2.24) is 5.32 Å². The van der Waals surface area contributed by atoms with Crippen molar-refractivity contribution < 1.29 is 19.4 Å². The molecule has 0 amide bonds. The number of carbonyl (C=O) groups is 1. The van der Waals surface area contributed by atoms with Gasteiger partial charge in [0, 0.05) is 23.7 Å². The lowest BCUT2D eigenvalue weighted by molar-refractivity contribution is -0.145. The summed E-state index contributed by atoms with van der Waals surface area (Å²) in [6.07, 6.45) is 4.65. The fraction of sp³-hybridized carbons (Fsp3) is 0.611. The number of carboxylic acids is 1. The number of aliphatic carboxylic acids is 1. The van der Waals surface area contributed by atoms with Gasteiger partial charge in [0.1, 0.15) is 0 Å². The molecule has 0 radical (unpaired) electrons. The predicted molar refractivity (Wildman–Crippen MR) is 106 cm³/mol. The van der Waals surface area contributed by atoms with E-state index < -0.39 is 5.97 Å². The van der Waals surface area contributed by atoms with Gasteiger partial charge in [-0.05, 0) is 36.8 Å². The lowest BCUT2D eigenvalue weighted by atomic mass is 9.70. The lowest BCUT2D eigenvalue weighted by Gasteiger charge is -2.39. The van der Waals surface area contributed by atoms with E-state index in [1.165, 1.54) is 0 Å². The molecule has 8 heteroatoms. The average Bonchev–Trinajstić information content (AvgIpc) is 2.95. The van der Waals surface area contributed by atoms with Gasteiger partial charge in [-0.1, -0.05) is 31.4 Å². The maximum absolute atomic E-state index is 11.4. The molecule has 2 aliphatic rings. The number of nitrogens with one attached hydrogen (secondary N) is 1. The summed E-state index contributed by atoms with van der Waals surface area (Å²) in [4.78, 5) is 11.4. The second-order valence-electron chi connectivity index (χ2n) is 6.69. The van der Waals surface area contributed by atoms with Gasteiger partial charge in [-0.3, -0.25) is 4.79 Å². The molecule has 3 rings (SSSR count). The van der Waals surface area contributed by atoms with E-state index >= 15 is 0 Å². The van der Waals surface area contributed by atoms with Crippen molar-refractivity contribution in [1.29, 1.82) is 0 Å². The van der Waals surface area contributed by atoms with E-state index in [1.807, 2.05) is 6.07 Å². The van der Waals surface area contributed by atoms with Crippen molar-refractivity contribution >= 4 is 42.4 Å². The number of fused-ring (bicyclic) bond motifs is 1. The molecular formula is C18H26Cl3NO4. The van der Waals surface area contributed by atoms with Gasteiger partial charge in [0.05, 0.1) is 5.92 Å². The summed E-state index contributed by atoms with van der Waals surface area (Å²) in [7, 11) is 0. The van der Waals surface area contributed by atoms with Crippen molar-refractivity contribution in [3.8, 4) is 11.5 Å². The van der Waals surface area contributed by atoms with Crippen molar-refractivity contribution in [3.05, 3.63) is 22.7 Å². The minimum atomic E-state index is -0.647. The predicted octanol–water partition coefficient (Wildman–Crippen LogP) is 4.67. The summed E-state index contributed by atoms with van der Waals surface area (Å²) in [6.45, 7) is 2.99. The van der Waals surface area contributed by atoms with E-state index in [9.17, 15) is 9.90 Å². The molecule has 1 unspecified atom stereocenters. The second kappa shape index (κ2) is 10.5. The van der Waals surface area contributed by atoms with E-state index in [-0.39, 0.29) is 37.5 Å². The van der Waals surface area contributed by atoms with E-state index in [0.717, 1.165) is 43.4 Å². The molecule has 0 bridgehead atoms. The Balaban J connectivity index is 0.00000169. The molecule has 1 atom stereocenters. The van der Waals surface area contributed by atoms with Crippen molar-refractivity contribution in [3.63, 3.8) is 0 Å². The molecule has 5 nitrogen and oxygen atoms in total. The molecule has 0 saturated heterocycles. The summed E-state index contributed by atoms with van der Waals surface area (Å²) >= 11 is 6.28. The molecule has 1 aliphatic carbocycles. The number of ether oxygens (including phenoxy) is 2. The molecular weight excluding hydrogens is 401 g/mol. The standard InChI is InChI=1S/C18H24ClNO4.2ClH/c1-2-3-4-14(18(21)22)11-5-13(6-11)20-9-12-7-16-17(8-15(12)19)24-10-23-16;;/h7-8,11,13-14,20H,2-6,9-10H2,1H3,(H,21,22);2*1H. The second-order valence-corrected chi connectivity index (χ2v) is 7.10. The number of hydrogen-bond acceptors (Lipinski definition) is 4. The Labute approximate surface area is 171 Å². The van der Waals surface area contributed by atoms with Crippen molar-refractivity contribution in [2.75, 3.05) is 6.79 Å². The Bertz CT molecular complexity index is 608. The molecule has 2 N–H and O–H groups in total. The number of carboxylic acid groups (broad SMARTS) is 1. The molecule has 0 spiro atoms. The highest BCUT2D eigenvalue weighted by Crippen LogP contribution is 2.39. The van der Waals surface area contributed by atoms with Gasteiger partial charge in [0.15, 0.2) is 11.5 Å². The largest absolute Gasteiger partial charge is 0.481 e. The number of benzene rings is 1. The van der Waals surface area contributed by atoms with E-state index in [2.05, 4.69) is 12.2 Å². The van der Waals surface area contributed by atoms with Crippen LogP contribution >= 0.6 is 36.4 Å². The first kappa shape index (κ1) is 23.2. The van der Waals surface area contributed by atoms with Gasteiger partial charge in [-0.25, -0.2) is 0 Å². The Morgan fingerprint density at radius 3 is 2.58 bits per heavy atom. The van der Waals surface area contributed by atoms with Gasteiger partial charge < -0.3 is 19.9 Å². The first-order chi connectivity index (χ1) is 11.6. The van der Waals surface area contributed by atoms with E-state index in [4.69, 9.17) is 21.1 Å². The molecule has 0 aromatic heterocycles. The topological polar surface area (TPSA) is 67.8 Å². The SMILES string of the molecule is CCCCC(C(=O)O)C1CC(NCc2cc3c(cc2Cl)OCO3)C1.Cl.Cl. The fourth-order valence-corrected chi connectivity index (χ4v) is 3.71. The zero-order chi connectivity index (χ0) is 17.1. The maximum Gasteiger partial charge on any atom is 0.306 e. The molecule has 1 aliphatic heterocycles. The minimum absolute atomic E-state index is 0. The summed E-state index contributed by atoms with van der Waals surface area (Å²) in [5, 5.41) is 13.5. The normalized spacial score (nSPS) is 21.2. The molecule has 1 heterocycles. The Hall–Kier alpha value is -0.880. The number of hydrogen-bond donors (Lipinski definition) is 2. The Kier molecular flexibility index (Phi) is 9.31. The van der Waals surface area contributed by atoms with Crippen molar-refractivity contribution in [2.24, 2.45) is 11.8 Å². The van der Waals surface area contributed by atoms with Gasteiger partial charge in [0.2, 0.25) is 6.79 Å². The fourth-order valence-electron chi connectivity index (χ4n) is 3.49. The third-order valence-electron chi connectivity index (χ3n) is 5.05. The highest BCUT2D eigenvalue weighted by molar-refractivity contribution is 6.31. The van der Waals surface area contributed by atoms with Crippen LogP contribution in [0.15, 0.2) is 12.1 Å². The Morgan fingerprint density at radius 2 is 1.96 bits per heavy atom. The summed E-state index contributed by atoms with van der Waals surface area (Å²) in [6, 6.07) is 4.06. The smallest absolute Gasteiger partial charge is 0.306 e. The summed E-state index contributed by atoms with van der Waals surface area (Å²) < 4.78 is 10.7. The number of rotatable bonds is 8. The third-order valence-corrected chi connectivity index (χ3v) is 5.40. The van der Waals surface area contributed by atoms with E-state index in [0.29, 0.717) is 29.3 Å². The number of unbranched alkanes of at least 4 members (excludes halogenated alkanes) is 1. The monoisotopic (exact) mass is 425 g/mol. The van der Waals surface area contributed by atoms with Crippen LogP contribution in [0.5, 0.6) is 11.5 Å². The van der Waals surface area contributed by atoms with Gasteiger partial charge in [0.25, 0.3) is 0 Å². The molecule has 1 aromatic carbocycles. The van der Waals surface area contributed by atoms with Gasteiger partial charge >= 0.3 is 5.97 Å². The highest BCUT2D eigenvalue weighted by atomic mass is 35.5. The summed E-state index contributed by atoms with van der Waals surface area (Å²) in [5.74, 6) is 0.863. The third kappa shape index (κ3) is 5.32. The Morgan fingerprint density at radius 1 is 1.31 bits per heavy atom. The van der Waals surface area contributed by atoms with Crippen LogP contribution in [-0.2, 0) is 11.3 Å². The first-order valence-corrected chi connectivity index (χ1v) is 9.00. The molecule has 26 heavy (non-hydrogen) atoms. The lowest BCUT2D eigenvalue weighted by Crippen LogP contribution is -2.45. The zero-order valence-corrected chi connectivity index (χ0v) is 17.1. The van der Waals surface area contributed by atoms with Crippen LogP contribution < -0.4 is 14.8 Å².